The third kappa shape index (κ3) is 3.97. The molecular weight excluding hydrogens is 346 g/mol. The van der Waals surface area contributed by atoms with Gasteiger partial charge in [-0.25, -0.2) is 13.1 Å². The van der Waals surface area contributed by atoms with Gasteiger partial charge in [-0.15, -0.1) is 0 Å². The molecule has 0 aliphatic heterocycles. The van der Waals surface area contributed by atoms with Crippen LogP contribution in [-0.2, 0) is 10.0 Å². The molecule has 6 heteroatoms. The van der Waals surface area contributed by atoms with Gasteiger partial charge in [0.15, 0.2) is 0 Å². The van der Waals surface area contributed by atoms with E-state index in [-0.39, 0.29) is 22.9 Å². The van der Waals surface area contributed by atoms with Crippen molar-refractivity contribution in [3.63, 3.8) is 0 Å². The van der Waals surface area contributed by atoms with Gasteiger partial charge in [0.05, 0.1) is 10.5 Å². The fraction of sp³-hybridized carbons (Fsp3) is 0.100. The van der Waals surface area contributed by atoms with E-state index < -0.39 is 10.0 Å². The minimum atomic E-state index is -3.81. The van der Waals surface area contributed by atoms with Crippen molar-refractivity contribution in [3.05, 3.63) is 95.8 Å². The van der Waals surface area contributed by atoms with Crippen molar-refractivity contribution < 1.29 is 8.42 Å². The number of aromatic nitrogens is 1. The zero-order chi connectivity index (χ0) is 18.4. The molecule has 0 saturated carbocycles. The normalized spacial score (nSPS) is 12.3. The molecule has 1 atom stereocenters. The van der Waals surface area contributed by atoms with Crippen LogP contribution in [0.2, 0.25) is 0 Å². The Morgan fingerprint density at radius 1 is 0.962 bits per heavy atom. The fourth-order valence-corrected chi connectivity index (χ4v) is 3.93. The predicted octanol–water partition coefficient (Wildman–Crippen LogP) is 3.06. The highest BCUT2D eigenvalue weighted by Gasteiger charge is 2.22. The summed E-state index contributed by atoms with van der Waals surface area (Å²) in [5.74, 6) is -0.235. The highest BCUT2D eigenvalue weighted by Crippen LogP contribution is 2.23. The minimum absolute atomic E-state index is 0.0182. The lowest BCUT2D eigenvalue weighted by Crippen LogP contribution is -2.30. The lowest BCUT2D eigenvalue weighted by molar-refractivity contribution is 0.576. The van der Waals surface area contributed by atoms with Gasteiger partial charge in [0.1, 0.15) is 6.07 Å². The SMILES string of the molecule is N#Cc1ccccc1S(=O)(=O)NCC(c1ccccc1)c1ccccn1. The predicted molar refractivity (Wildman–Crippen MR) is 98.9 cm³/mol. The molecule has 1 unspecified atom stereocenters. The quantitative estimate of drug-likeness (QED) is 0.730. The second-order valence-corrected chi connectivity index (χ2v) is 7.41. The summed E-state index contributed by atoms with van der Waals surface area (Å²) in [6.07, 6.45) is 1.69. The first kappa shape index (κ1) is 17.8. The molecule has 0 fully saturated rings. The molecule has 0 amide bonds. The van der Waals surface area contributed by atoms with Crippen LogP contribution in [0.1, 0.15) is 22.7 Å². The van der Waals surface area contributed by atoms with E-state index in [0.29, 0.717) is 0 Å². The molecule has 26 heavy (non-hydrogen) atoms. The van der Waals surface area contributed by atoms with Gasteiger partial charge in [-0.3, -0.25) is 4.98 Å². The Bertz CT molecular complexity index is 974. The van der Waals surface area contributed by atoms with Gasteiger partial charge in [0, 0.05) is 24.4 Å². The number of nitrogens with one attached hydrogen (secondary N) is 1. The molecule has 0 radical (unpaired) electrons. The molecule has 1 heterocycles. The molecular formula is C20H17N3O2S. The number of sulfonamides is 1. The number of nitrogens with zero attached hydrogens (tertiary/aromatic N) is 2. The van der Waals surface area contributed by atoms with E-state index in [1.54, 1.807) is 18.3 Å². The van der Waals surface area contributed by atoms with Gasteiger partial charge in [-0.05, 0) is 29.8 Å². The fourth-order valence-electron chi connectivity index (χ4n) is 2.72. The largest absolute Gasteiger partial charge is 0.261 e. The number of hydrogen-bond donors (Lipinski definition) is 1. The summed E-state index contributed by atoms with van der Waals surface area (Å²) < 4.78 is 28.0. The topological polar surface area (TPSA) is 82.8 Å². The molecule has 2 aromatic carbocycles. The van der Waals surface area contributed by atoms with Gasteiger partial charge in [-0.2, -0.15) is 5.26 Å². The number of nitriles is 1. The maximum absolute atomic E-state index is 12.7. The van der Waals surface area contributed by atoms with Crippen molar-refractivity contribution >= 4 is 10.0 Å². The van der Waals surface area contributed by atoms with Gasteiger partial charge in [0.25, 0.3) is 0 Å². The van der Waals surface area contributed by atoms with E-state index >= 15 is 0 Å². The summed E-state index contributed by atoms with van der Waals surface area (Å²) >= 11 is 0. The van der Waals surface area contributed by atoms with E-state index in [1.807, 2.05) is 54.6 Å². The van der Waals surface area contributed by atoms with Crippen molar-refractivity contribution in [2.75, 3.05) is 6.54 Å². The van der Waals surface area contributed by atoms with Gasteiger partial charge in [-0.1, -0.05) is 48.5 Å². The molecule has 130 valence electrons. The third-order valence-corrected chi connectivity index (χ3v) is 5.50. The van der Waals surface area contributed by atoms with Crippen molar-refractivity contribution in [2.24, 2.45) is 0 Å². The van der Waals surface area contributed by atoms with Gasteiger partial charge >= 0.3 is 0 Å². The monoisotopic (exact) mass is 363 g/mol. The first-order valence-electron chi connectivity index (χ1n) is 8.06. The van der Waals surface area contributed by atoms with Crippen LogP contribution in [0.5, 0.6) is 0 Å². The van der Waals surface area contributed by atoms with Crippen LogP contribution >= 0.6 is 0 Å². The summed E-state index contributed by atoms with van der Waals surface area (Å²) in [6.45, 7) is 0.142. The van der Waals surface area contributed by atoms with E-state index in [2.05, 4.69) is 9.71 Å². The summed E-state index contributed by atoms with van der Waals surface area (Å²) in [6, 6.07) is 23.2. The number of rotatable bonds is 6. The van der Waals surface area contributed by atoms with Crippen LogP contribution in [0.15, 0.2) is 83.9 Å². The van der Waals surface area contributed by atoms with E-state index in [1.165, 1.54) is 12.1 Å². The summed E-state index contributed by atoms with van der Waals surface area (Å²) in [5.41, 5.74) is 1.85. The molecule has 3 aromatic rings. The first-order chi connectivity index (χ1) is 12.6. The number of hydrogen-bond acceptors (Lipinski definition) is 4. The molecule has 3 rings (SSSR count). The molecule has 0 aliphatic rings. The highest BCUT2D eigenvalue weighted by molar-refractivity contribution is 7.89. The molecule has 0 saturated heterocycles. The second kappa shape index (κ2) is 7.91. The van der Waals surface area contributed by atoms with Crippen LogP contribution in [0.4, 0.5) is 0 Å². The standard InChI is InChI=1S/C20H17N3O2S/c21-14-17-10-4-5-12-20(17)26(24,25)23-15-18(16-8-2-1-3-9-16)19-11-6-7-13-22-19/h1-13,18,23H,15H2. The maximum atomic E-state index is 12.7. The molecule has 1 N–H and O–H groups in total. The molecule has 0 spiro atoms. The van der Waals surface area contributed by atoms with Crippen LogP contribution in [0, 0.1) is 11.3 Å². The lowest BCUT2D eigenvalue weighted by atomic mass is 9.95. The zero-order valence-electron chi connectivity index (χ0n) is 13.9. The van der Waals surface area contributed by atoms with Crippen molar-refractivity contribution in [1.82, 2.24) is 9.71 Å². The number of pyridine rings is 1. The Balaban J connectivity index is 1.90. The van der Waals surface area contributed by atoms with Crippen LogP contribution in [0.3, 0.4) is 0 Å². The molecule has 5 nitrogen and oxygen atoms in total. The molecule has 0 bridgehead atoms. The van der Waals surface area contributed by atoms with Crippen LogP contribution in [0.25, 0.3) is 0 Å². The van der Waals surface area contributed by atoms with E-state index in [9.17, 15) is 8.42 Å². The smallest absolute Gasteiger partial charge is 0.241 e. The van der Waals surface area contributed by atoms with Gasteiger partial charge < -0.3 is 0 Å². The average Bonchev–Trinajstić information content (AvgIpc) is 2.69. The van der Waals surface area contributed by atoms with E-state index in [0.717, 1.165) is 11.3 Å². The van der Waals surface area contributed by atoms with Crippen molar-refractivity contribution in [2.45, 2.75) is 10.8 Å². The van der Waals surface area contributed by atoms with E-state index in [4.69, 9.17) is 5.26 Å². The van der Waals surface area contributed by atoms with Gasteiger partial charge in [0.2, 0.25) is 10.0 Å². The van der Waals surface area contributed by atoms with Crippen LogP contribution < -0.4 is 4.72 Å². The third-order valence-electron chi connectivity index (χ3n) is 4.02. The summed E-state index contributed by atoms with van der Waals surface area (Å²) in [5, 5.41) is 9.16. The molecule has 0 aliphatic carbocycles. The second-order valence-electron chi connectivity index (χ2n) is 5.68. The Hall–Kier alpha value is -3.01. The minimum Gasteiger partial charge on any atom is -0.261 e. The first-order valence-corrected chi connectivity index (χ1v) is 9.55. The van der Waals surface area contributed by atoms with Crippen molar-refractivity contribution in [3.8, 4) is 6.07 Å². The summed E-state index contributed by atoms with van der Waals surface area (Å²) in [4.78, 5) is 4.36. The van der Waals surface area contributed by atoms with Crippen LogP contribution in [-0.4, -0.2) is 19.9 Å². The Morgan fingerprint density at radius 2 is 1.65 bits per heavy atom. The highest BCUT2D eigenvalue weighted by atomic mass is 32.2. The molecule has 1 aromatic heterocycles. The van der Waals surface area contributed by atoms with Crippen molar-refractivity contribution in [1.29, 1.82) is 5.26 Å². The number of benzene rings is 2. The summed E-state index contributed by atoms with van der Waals surface area (Å²) in [7, 11) is -3.81. The Labute approximate surface area is 153 Å². The Morgan fingerprint density at radius 3 is 2.35 bits per heavy atom. The zero-order valence-corrected chi connectivity index (χ0v) is 14.7. The average molecular weight is 363 g/mol. The maximum Gasteiger partial charge on any atom is 0.241 e. The lowest BCUT2D eigenvalue weighted by Gasteiger charge is -2.18. The Kier molecular flexibility index (Phi) is 5.42.